The minimum absolute atomic E-state index is 0.398. The third-order valence-electron chi connectivity index (χ3n) is 2.75. The summed E-state index contributed by atoms with van der Waals surface area (Å²) < 4.78 is 5.09. The first-order valence-corrected chi connectivity index (χ1v) is 7.80. The first-order chi connectivity index (χ1) is 10.1. The molecule has 0 aliphatic heterocycles. The molecule has 6 heteroatoms. The SMILES string of the molecule is COc1cccc(/C=C/C(=O)N[C@H](CCSC)C(=O)O)c1. The van der Waals surface area contributed by atoms with Gasteiger partial charge < -0.3 is 15.2 Å². The lowest BCUT2D eigenvalue weighted by Crippen LogP contribution is -2.40. The molecule has 0 spiro atoms. The molecule has 1 aromatic rings. The lowest BCUT2D eigenvalue weighted by molar-refractivity contribution is -0.141. The number of hydrogen-bond acceptors (Lipinski definition) is 4. The Morgan fingerprint density at radius 2 is 2.24 bits per heavy atom. The quantitative estimate of drug-likeness (QED) is 0.719. The zero-order chi connectivity index (χ0) is 15.7. The van der Waals surface area contributed by atoms with Crippen molar-refractivity contribution in [2.45, 2.75) is 12.5 Å². The second kappa shape index (κ2) is 9.07. The molecule has 1 rings (SSSR count). The molecule has 0 bridgehead atoms. The van der Waals surface area contributed by atoms with Crippen LogP contribution in [-0.2, 0) is 9.59 Å². The van der Waals surface area contributed by atoms with Gasteiger partial charge in [0.25, 0.3) is 0 Å². The number of ether oxygens (including phenoxy) is 1. The Morgan fingerprint density at radius 1 is 1.48 bits per heavy atom. The van der Waals surface area contributed by atoms with Gasteiger partial charge in [0.15, 0.2) is 0 Å². The standard InChI is InChI=1S/C15H19NO4S/c1-20-12-5-3-4-11(10-12)6-7-14(17)16-13(15(18)19)8-9-21-2/h3-7,10,13H,8-9H2,1-2H3,(H,16,17)(H,18,19)/b7-6+/t13-/m1/s1. The van der Waals surface area contributed by atoms with E-state index >= 15 is 0 Å². The molecular formula is C15H19NO4S. The van der Waals surface area contributed by atoms with Gasteiger partial charge in [0, 0.05) is 6.08 Å². The van der Waals surface area contributed by atoms with Gasteiger partial charge in [-0.2, -0.15) is 11.8 Å². The molecule has 0 heterocycles. The van der Waals surface area contributed by atoms with Gasteiger partial charge in [-0.05, 0) is 42.2 Å². The van der Waals surface area contributed by atoms with Gasteiger partial charge in [0.05, 0.1) is 7.11 Å². The van der Waals surface area contributed by atoms with Crippen LogP contribution in [0.3, 0.4) is 0 Å². The molecule has 1 aromatic carbocycles. The molecule has 21 heavy (non-hydrogen) atoms. The average Bonchev–Trinajstić information content (AvgIpc) is 2.49. The lowest BCUT2D eigenvalue weighted by atomic mass is 10.2. The molecule has 1 amide bonds. The minimum atomic E-state index is -1.02. The van der Waals surface area contributed by atoms with Crippen molar-refractivity contribution in [3.8, 4) is 5.75 Å². The summed E-state index contributed by atoms with van der Waals surface area (Å²) >= 11 is 1.54. The number of carbonyl (C=O) groups is 2. The van der Waals surface area contributed by atoms with E-state index in [4.69, 9.17) is 9.84 Å². The maximum atomic E-state index is 11.7. The van der Waals surface area contributed by atoms with Crippen LogP contribution in [0.25, 0.3) is 6.08 Å². The summed E-state index contributed by atoms with van der Waals surface area (Å²) in [7, 11) is 1.57. The van der Waals surface area contributed by atoms with Crippen molar-refractivity contribution in [2.24, 2.45) is 0 Å². The molecule has 0 unspecified atom stereocenters. The van der Waals surface area contributed by atoms with Crippen molar-refractivity contribution in [1.29, 1.82) is 0 Å². The van der Waals surface area contributed by atoms with Crippen LogP contribution < -0.4 is 10.1 Å². The summed E-state index contributed by atoms with van der Waals surface area (Å²) in [5.41, 5.74) is 0.806. The number of nitrogens with one attached hydrogen (secondary N) is 1. The topological polar surface area (TPSA) is 75.6 Å². The van der Waals surface area contributed by atoms with E-state index in [9.17, 15) is 9.59 Å². The highest BCUT2D eigenvalue weighted by Gasteiger charge is 2.17. The number of carbonyl (C=O) groups excluding carboxylic acids is 1. The molecule has 114 valence electrons. The predicted molar refractivity (Wildman–Crippen MR) is 84.6 cm³/mol. The van der Waals surface area contributed by atoms with Crippen LogP contribution in [0.1, 0.15) is 12.0 Å². The highest BCUT2D eigenvalue weighted by molar-refractivity contribution is 7.98. The molecule has 0 saturated heterocycles. The largest absolute Gasteiger partial charge is 0.497 e. The number of methoxy groups -OCH3 is 1. The highest BCUT2D eigenvalue weighted by atomic mass is 32.2. The second-order valence-electron chi connectivity index (χ2n) is 4.29. The van der Waals surface area contributed by atoms with Crippen LogP contribution in [0, 0.1) is 0 Å². The number of hydrogen-bond donors (Lipinski definition) is 2. The number of carboxylic acids is 1. The van der Waals surface area contributed by atoms with E-state index in [2.05, 4.69) is 5.32 Å². The van der Waals surface area contributed by atoms with Crippen molar-refractivity contribution in [2.75, 3.05) is 19.1 Å². The smallest absolute Gasteiger partial charge is 0.326 e. The van der Waals surface area contributed by atoms with Gasteiger partial charge in [-0.3, -0.25) is 4.79 Å². The Balaban J connectivity index is 2.62. The highest BCUT2D eigenvalue weighted by Crippen LogP contribution is 2.13. The Morgan fingerprint density at radius 3 is 2.86 bits per heavy atom. The van der Waals surface area contributed by atoms with Crippen LogP contribution >= 0.6 is 11.8 Å². The zero-order valence-corrected chi connectivity index (χ0v) is 12.9. The normalized spacial score (nSPS) is 12.1. The van der Waals surface area contributed by atoms with Crippen LogP contribution in [0.4, 0.5) is 0 Å². The Labute approximate surface area is 128 Å². The molecule has 0 aliphatic carbocycles. The van der Waals surface area contributed by atoms with Crippen molar-refractivity contribution in [3.05, 3.63) is 35.9 Å². The average molecular weight is 309 g/mol. The van der Waals surface area contributed by atoms with E-state index in [1.807, 2.05) is 18.4 Å². The number of aliphatic carboxylic acids is 1. The zero-order valence-electron chi connectivity index (χ0n) is 12.0. The summed E-state index contributed by atoms with van der Waals surface area (Å²) in [6.07, 6.45) is 5.23. The molecule has 5 nitrogen and oxygen atoms in total. The maximum Gasteiger partial charge on any atom is 0.326 e. The van der Waals surface area contributed by atoms with Gasteiger partial charge in [-0.25, -0.2) is 4.79 Å². The number of thioether (sulfide) groups is 1. The molecule has 0 aromatic heterocycles. The summed E-state index contributed by atoms with van der Waals surface area (Å²) in [5, 5.41) is 11.5. The number of rotatable bonds is 8. The molecule has 0 saturated carbocycles. The number of carboxylic acid groups (broad SMARTS) is 1. The lowest BCUT2D eigenvalue weighted by Gasteiger charge is -2.12. The fourth-order valence-electron chi connectivity index (χ4n) is 1.63. The molecule has 1 atom stereocenters. The Bertz CT molecular complexity index is 516. The molecule has 0 radical (unpaired) electrons. The molecule has 0 aliphatic rings. The number of amides is 1. The summed E-state index contributed by atoms with van der Waals surface area (Å²) in [5.74, 6) is -0.0731. The fourth-order valence-corrected chi connectivity index (χ4v) is 2.10. The first kappa shape index (κ1) is 17.1. The first-order valence-electron chi connectivity index (χ1n) is 6.41. The van der Waals surface area contributed by atoms with E-state index in [-0.39, 0.29) is 0 Å². The Hall–Kier alpha value is -1.95. The van der Waals surface area contributed by atoms with E-state index in [0.29, 0.717) is 17.9 Å². The van der Waals surface area contributed by atoms with Crippen LogP contribution in [0.5, 0.6) is 5.75 Å². The van der Waals surface area contributed by atoms with Crippen molar-refractivity contribution in [1.82, 2.24) is 5.32 Å². The molecular weight excluding hydrogens is 290 g/mol. The van der Waals surface area contributed by atoms with Crippen LogP contribution in [0.15, 0.2) is 30.3 Å². The fraction of sp³-hybridized carbons (Fsp3) is 0.333. The van der Waals surface area contributed by atoms with E-state index in [1.165, 1.54) is 6.08 Å². The Kier molecular flexibility index (Phi) is 7.39. The third-order valence-corrected chi connectivity index (χ3v) is 3.39. The van der Waals surface area contributed by atoms with Gasteiger partial charge in [0.2, 0.25) is 5.91 Å². The second-order valence-corrected chi connectivity index (χ2v) is 5.28. The summed E-state index contributed by atoms with van der Waals surface area (Å²) in [6.45, 7) is 0. The van der Waals surface area contributed by atoms with E-state index in [0.717, 1.165) is 5.56 Å². The molecule has 0 fully saturated rings. The maximum absolute atomic E-state index is 11.7. The minimum Gasteiger partial charge on any atom is -0.497 e. The summed E-state index contributed by atoms with van der Waals surface area (Å²) in [4.78, 5) is 22.8. The van der Waals surface area contributed by atoms with Crippen LogP contribution in [-0.4, -0.2) is 42.1 Å². The third kappa shape index (κ3) is 6.35. The van der Waals surface area contributed by atoms with Gasteiger partial charge in [-0.15, -0.1) is 0 Å². The van der Waals surface area contributed by atoms with Crippen molar-refractivity contribution in [3.63, 3.8) is 0 Å². The predicted octanol–water partition coefficient (Wildman–Crippen LogP) is 2.03. The molecule has 2 N–H and O–H groups in total. The van der Waals surface area contributed by atoms with E-state index in [1.54, 1.807) is 37.1 Å². The monoisotopic (exact) mass is 309 g/mol. The van der Waals surface area contributed by atoms with Gasteiger partial charge >= 0.3 is 5.97 Å². The number of benzene rings is 1. The van der Waals surface area contributed by atoms with Crippen molar-refractivity contribution >= 4 is 29.7 Å². The summed E-state index contributed by atoms with van der Waals surface area (Å²) in [6, 6.07) is 6.37. The van der Waals surface area contributed by atoms with Crippen molar-refractivity contribution < 1.29 is 19.4 Å². The van der Waals surface area contributed by atoms with Crippen LogP contribution in [0.2, 0.25) is 0 Å². The van der Waals surface area contributed by atoms with Gasteiger partial charge in [-0.1, -0.05) is 12.1 Å². The van der Waals surface area contributed by atoms with E-state index < -0.39 is 17.9 Å². The van der Waals surface area contributed by atoms with Gasteiger partial charge in [0.1, 0.15) is 11.8 Å².